The van der Waals surface area contributed by atoms with Crippen molar-refractivity contribution in [3.8, 4) is 11.9 Å². The van der Waals surface area contributed by atoms with E-state index in [1.165, 1.54) is 6.21 Å². The van der Waals surface area contributed by atoms with Gasteiger partial charge in [-0.15, -0.1) is 0 Å². The van der Waals surface area contributed by atoms with Crippen molar-refractivity contribution in [1.82, 2.24) is 4.57 Å². The summed E-state index contributed by atoms with van der Waals surface area (Å²) in [4.78, 5) is 17.3. The summed E-state index contributed by atoms with van der Waals surface area (Å²) in [5.41, 5.74) is 0.393. The van der Waals surface area contributed by atoms with Gasteiger partial charge in [-0.1, -0.05) is 36.4 Å². The van der Waals surface area contributed by atoms with E-state index in [9.17, 15) is 23.6 Å². The van der Waals surface area contributed by atoms with Gasteiger partial charge in [-0.05, 0) is 30.4 Å². The fraction of sp³-hybridized carbons (Fsp3) is 0.227. The van der Waals surface area contributed by atoms with Crippen LogP contribution in [0.25, 0.3) is 10.8 Å². The number of sulfone groups is 1. The summed E-state index contributed by atoms with van der Waals surface area (Å²) >= 11 is 0. The van der Waals surface area contributed by atoms with E-state index in [-0.39, 0.29) is 34.9 Å². The second-order valence-electron chi connectivity index (χ2n) is 7.34. The Morgan fingerprint density at radius 3 is 2.67 bits per heavy atom. The van der Waals surface area contributed by atoms with Crippen LogP contribution in [0.5, 0.6) is 5.88 Å². The lowest BCUT2D eigenvalue weighted by Gasteiger charge is -2.18. The second-order valence-corrected chi connectivity index (χ2v) is 9.57. The average Bonchev–Trinajstić information content (AvgIpc) is 3.07. The number of aliphatic imine (C=N–C) groups is 1. The molecule has 0 radical (unpaired) electrons. The number of aromatic nitrogens is 1. The van der Waals surface area contributed by atoms with Gasteiger partial charge in [-0.2, -0.15) is 5.26 Å². The van der Waals surface area contributed by atoms with Crippen molar-refractivity contribution in [1.29, 1.82) is 5.26 Å². The van der Waals surface area contributed by atoms with Crippen LogP contribution >= 0.6 is 0 Å². The van der Waals surface area contributed by atoms with Gasteiger partial charge in [0.25, 0.3) is 5.56 Å². The average molecular weight is 421 g/mol. The maximum Gasteiger partial charge on any atom is 0.271 e. The Morgan fingerprint density at radius 2 is 1.97 bits per heavy atom. The summed E-state index contributed by atoms with van der Waals surface area (Å²) in [5.74, 6) is -0.671. The van der Waals surface area contributed by atoms with Gasteiger partial charge in [0.2, 0.25) is 5.88 Å². The molecule has 3 aromatic rings. The van der Waals surface area contributed by atoms with E-state index in [4.69, 9.17) is 0 Å². The molecule has 4 rings (SSSR count). The predicted molar refractivity (Wildman–Crippen MR) is 115 cm³/mol. The number of hydrogen-bond acceptors (Lipinski definition) is 6. The van der Waals surface area contributed by atoms with Crippen LogP contribution in [0.3, 0.4) is 0 Å². The van der Waals surface area contributed by atoms with Gasteiger partial charge in [0.1, 0.15) is 11.6 Å². The van der Waals surface area contributed by atoms with E-state index in [2.05, 4.69) is 4.99 Å². The third-order valence-electron chi connectivity index (χ3n) is 5.47. The number of benzene rings is 2. The van der Waals surface area contributed by atoms with Crippen LogP contribution in [0.1, 0.15) is 29.2 Å². The zero-order valence-electron chi connectivity index (χ0n) is 16.2. The molecule has 1 fully saturated rings. The summed E-state index contributed by atoms with van der Waals surface area (Å²) in [7, 11) is -3.29. The normalized spacial score (nSPS) is 18.1. The number of aromatic hydroxyl groups is 1. The number of pyridine rings is 1. The van der Waals surface area contributed by atoms with E-state index in [0.717, 1.165) is 15.3 Å². The van der Waals surface area contributed by atoms with Gasteiger partial charge in [-0.3, -0.25) is 14.4 Å². The molecule has 0 aliphatic carbocycles. The Morgan fingerprint density at radius 1 is 1.23 bits per heavy atom. The summed E-state index contributed by atoms with van der Waals surface area (Å²) in [6.45, 7) is 1.57. The van der Waals surface area contributed by atoms with Crippen LogP contribution in [0.4, 0.5) is 5.69 Å². The summed E-state index contributed by atoms with van der Waals surface area (Å²) < 4.78 is 24.8. The van der Waals surface area contributed by atoms with Crippen LogP contribution in [0.2, 0.25) is 0 Å². The highest BCUT2D eigenvalue weighted by Crippen LogP contribution is 2.31. The maximum atomic E-state index is 12.8. The molecule has 1 unspecified atom stereocenters. The highest BCUT2D eigenvalue weighted by atomic mass is 32.2. The lowest BCUT2D eigenvalue weighted by Crippen LogP contribution is -2.29. The zero-order chi connectivity index (χ0) is 21.5. The summed E-state index contributed by atoms with van der Waals surface area (Å²) in [6.07, 6.45) is 1.64. The smallest absolute Gasteiger partial charge is 0.271 e. The molecule has 0 bridgehead atoms. The van der Waals surface area contributed by atoms with Crippen LogP contribution in [0.15, 0.2) is 52.3 Å². The number of nitrogens with zero attached hydrogens (tertiary/aromatic N) is 3. The van der Waals surface area contributed by atoms with Gasteiger partial charge in [-0.25, -0.2) is 8.42 Å². The molecule has 1 aliphatic rings. The van der Waals surface area contributed by atoms with Gasteiger partial charge >= 0.3 is 0 Å². The van der Waals surface area contributed by atoms with Crippen molar-refractivity contribution in [3.05, 3.63) is 69.5 Å². The van der Waals surface area contributed by atoms with Gasteiger partial charge < -0.3 is 5.11 Å². The Labute approximate surface area is 173 Å². The topological polar surface area (TPSA) is 113 Å². The van der Waals surface area contributed by atoms with Gasteiger partial charge in [0, 0.05) is 11.6 Å². The first-order valence-corrected chi connectivity index (χ1v) is 11.2. The summed E-state index contributed by atoms with van der Waals surface area (Å²) in [6, 6.07) is 14.6. The van der Waals surface area contributed by atoms with Crippen molar-refractivity contribution in [2.75, 3.05) is 11.5 Å². The van der Waals surface area contributed by atoms with E-state index >= 15 is 0 Å². The van der Waals surface area contributed by atoms with Crippen molar-refractivity contribution >= 4 is 32.5 Å². The number of hydrogen-bond donors (Lipinski definition) is 1. The zero-order valence-corrected chi connectivity index (χ0v) is 17.1. The van der Waals surface area contributed by atoms with Crippen LogP contribution in [-0.2, 0) is 9.84 Å². The molecule has 30 heavy (non-hydrogen) atoms. The molecule has 1 N–H and O–H groups in total. The minimum atomic E-state index is -3.29. The lowest BCUT2D eigenvalue weighted by atomic mass is 10.0. The Hall–Kier alpha value is -3.44. The first-order chi connectivity index (χ1) is 14.3. The molecule has 0 spiro atoms. The minimum absolute atomic E-state index is 0.0568. The SMILES string of the molecule is Cc1c(C=Nc2cccc3ccccc23)c(O)n(C2CCS(=O)(=O)C2)c(=O)c1C#N. The third-order valence-corrected chi connectivity index (χ3v) is 7.22. The lowest BCUT2D eigenvalue weighted by molar-refractivity contribution is 0.379. The fourth-order valence-corrected chi connectivity index (χ4v) is 5.57. The second kappa shape index (κ2) is 7.43. The summed E-state index contributed by atoms with van der Waals surface area (Å²) in [5, 5.41) is 22.3. The van der Waals surface area contributed by atoms with Crippen molar-refractivity contribution in [2.45, 2.75) is 19.4 Å². The quantitative estimate of drug-likeness (QED) is 0.653. The van der Waals surface area contributed by atoms with Crippen LogP contribution in [-0.4, -0.2) is 35.8 Å². The molecule has 7 nitrogen and oxygen atoms in total. The first-order valence-electron chi connectivity index (χ1n) is 9.43. The van der Waals surface area contributed by atoms with Crippen molar-refractivity contribution < 1.29 is 13.5 Å². The Bertz CT molecular complexity index is 1390. The molecule has 2 heterocycles. The molecule has 152 valence electrons. The molecule has 0 amide bonds. The third kappa shape index (κ3) is 3.37. The van der Waals surface area contributed by atoms with E-state index in [1.54, 1.807) is 6.92 Å². The standard InChI is InChI=1S/C22H19N3O4S/c1-14-18(11-23)21(26)25(16-9-10-30(28,29)13-16)22(27)19(14)12-24-20-8-4-6-15-5-2-3-7-17(15)20/h2-8,12,16,27H,9-10,13H2,1H3. The van der Waals surface area contributed by atoms with Crippen LogP contribution < -0.4 is 5.56 Å². The van der Waals surface area contributed by atoms with Gasteiger partial charge in [0.15, 0.2) is 9.84 Å². The highest BCUT2D eigenvalue weighted by molar-refractivity contribution is 7.91. The number of rotatable bonds is 3. The highest BCUT2D eigenvalue weighted by Gasteiger charge is 2.33. The maximum absolute atomic E-state index is 12.8. The number of fused-ring (bicyclic) bond motifs is 1. The first kappa shape index (κ1) is 19.9. The fourth-order valence-electron chi connectivity index (χ4n) is 3.87. The molecule has 2 aromatic carbocycles. The van der Waals surface area contributed by atoms with Gasteiger partial charge in [0.05, 0.1) is 28.8 Å². The molecule has 1 aliphatic heterocycles. The molecule has 1 aromatic heterocycles. The molecular weight excluding hydrogens is 402 g/mol. The van der Waals surface area contributed by atoms with Crippen molar-refractivity contribution in [3.63, 3.8) is 0 Å². The molecule has 1 saturated heterocycles. The molecule has 8 heteroatoms. The Balaban J connectivity index is 1.88. The largest absolute Gasteiger partial charge is 0.494 e. The molecular formula is C22H19N3O4S. The minimum Gasteiger partial charge on any atom is -0.494 e. The van der Waals surface area contributed by atoms with Crippen LogP contribution in [0, 0.1) is 18.3 Å². The monoisotopic (exact) mass is 421 g/mol. The number of nitriles is 1. The van der Waals surface area contributed by atoms with E-state index in [0.29, 0.717) is 11.3 Å². The van der Waals surface area contributed by atoms with E-state index in [1.807, 2.05) is 48.5 Å². The molecule has 0 saturated carbocycles. The predicted octanol–water partition coefficient (Wildman–Crippen LogP) is 3.00. The van der Waals surface area contributed by atoms with E-state index < -0.39 is 21.4 Å². The Kier molecular flexibility index (Phi) is 4.92. The molecule has 1 atom stereocenters. The van der Waals surface area contributed by atoms with Crippen molar-refractivity contribution in [2.24, 2.45) is 4.99 Å².